The molecule has 0 heterocycles. The number of ether oxygens (including phenoxy) is 1. The summed E-state index contributed by atoms with van der Waals surface area (Å²) in [5.41, 5.74) is 0.764. The summed E-state index contributed by atoms with van der Waals surface area (Å²) in [6.45, 7) is 0.122. The molecule has 0 aromatic heterocycles. The van der Waals surface area contributed by atoms with E-state index in [1.807, 2.05) is 0 Å². The van der Waals surface area contributed by atoms with Gasteiger partial charge in [-0.1, -0.05) is 29.3 Å². The van der Waals surface area contributed by atoms with E-state index >= 15 is 0 Å². The van der Waals surface area contributed by atoms with Crippen LogP contribution in [0.25, 0.3) is 0 Å². The van der Waals surface area contributed by atoms with Crippen molar-refractivity contribution in [3.05, 3.63) is 57.8 Å². The van der Waals surface area contributed by atoms with Gasteiger partial charge in [-0.05, 0) is 42.3 Å². The van der Waals surface area contributed by atoms with Crippen molar-refractivity contribution < 1.29 is 17.5 Å². The normalized spacial score (nSPS) is 11.5. The number of methoxy groups -OCH3 is 1. The Morgan fingerprint density at radius 3 is 2.52 bits per heavy atom. The van der Waals surface area contributed by atoms with Crippen molar-refractivity contribution in [1.29, 1.82) is 0 Å². The number of hydrogen-bond acceptors (Lipinski definition) is 3. The molecule has 0 unspecified atom stereocenters. The molecule has 0 amide bonds. The van der Waals surface area contributed by atoms with Gasteiger partial charge in [0.1, 0.15) is 0 Å². The molecule has 0 spiro atoms. The van der Waals surface area contributed by atoms with Crippen LogP contribution in [0.15, 0.2) is 41.3 Å². The molecule has 4 nitrogen and oxygen atoms in total. The zero-order chi connectivity index (χ0) is 17.0. The molecule has 8 heteroatoms. The molecule has 2 rings (SSSR count). The van der Waals surface area contributed by atoms with Gasteiger partial charge in [-0.3, -0.25) is 0 Å². The van der Waals surface area contributed by atoms with Crippen LogP contribution in [0.1, 0.15) is 5.56 Å². The first kappa shape index (κ1) is 18.0. The number of halogens is 3. The number of nitrogens with one attached hydrogen (secondary N) is 1. The van der Waals surface area contributed by atoms with Crippen LogP contribution in [0.3, 0.4) is 0 Å². The van der Waals surface area contributed by atoms with Gasteiger partial charge in [-0.2, -0.15) is 0 Å². The Bertz CT molecular complexity index is 812. The molecule has 0 saturated carbocycles. The molecule has 0 radical (unpaired) electrons. The van der Waals surface area contributed by atoms with E-state index in [4.69, 9.17) is 27.9 Å². The van der Waals surface area contributed by atoms with Gasteiger partial charge >= 0.3 is 0 Å². The van der Waals surface area contributed by atoms with Crippen molar-refractivity contribution in [3.8, 4) is 5.75 Å². The van der Waals surface area contributed by atoms with E-state index < -0.39 is 15.8 Å². The Hall–Kier alpha value is -1.34. The average molecular weight is 378 g/mol. The molecule has 0 atom stereocenters. The maximum absolute atomic E-state index is 13.6. The minimum Gasteiger partial charge on any atom is -0.494 e. The van der Waals surface area contributed by atoms with Gasteiger partial charge in [-0.15, -0.1) is 0 Å². The van der Waals surface area contributed by atoms with Crippen LogP contribution < -0.4 is 9.46 Å². The Labute approximate surface area is 144 Å². The first-order valence-corrected chi connectivity index (χ1v) is 8.84. The lowest BCUT2D eigenvalue weighted by Gasteiger charge is -2.09. The Balaban J connectivity index is 2.05. The van der Waals surface area contributed by atoms with Crippen LogP contribution >= 0.6 is 23.2 Å². The second kappa shape index (κ2) is 7.49. The van der Waals surface area contributed by atoms with Crippen molar-refractivity contribution in [2.75, 3.05) is 13.7 Å². The summed E-state index contributed by atoms with van der Waals surface area (Å²) in [4.78, 5) is -0.169. The van der Waals surface area contributed by atoms with Crippen LogP contribution in [0.5, 0.6) is 5.75 Å². The highest BCUT2D eigenvalue weighted by Crippen LogP contribution is 2.22. The second-order valence-electron chi connectivity index (χ2n) is 4.68. The van der Waals surface area contributed by atoms with Gasteiger partial charge in [-0.25, -0.2) is 17.5 Å². The Kier molecular flexibility index (Phi) is 5.86. The molecule has 2 aromatic rings. The number of hydrogen-bond donors (Lipinski definition) is 1. The standard InChI is InChI=1S/C15H14Cl2FNO3S/c1-22-15-5-4-12(9-14(15)18)23(20,21)19-7-6-10-2-3-11(16)8-13(10)17/h2-5,8-9,19H,6-7H2,1H3. The highest BCUT2D eigenvalue weighted by Gasteiger charge is 2.16. The van der Waals surface area contributed by atoms with E-state index in [1.54, 1.807) is 18.2 Å². The second-order valence-corrected chi connectivity index (χ2v) is 7.29. The zero-order valence-electron chi connectivity index (χ0n) is 12.1. The van der Waals surface area contributed by atoms with Crippen LogP contribution in [-0.4, -0.2) is 22.1 Å². The molecule has 124 valence electrons. The van der Waals surface area contributed by atoms with Gasteiger partial charge in [0.15, 0.2) is 11.6 Å². The van der Waals surface area contributed by atoms with Crippen molar-refractivity contribution in [1.82, 2.24) is 4.72 Å². The van der Waals surface area contributed by atoms with E-state index in [-0.39, 0.29) is 17.2 Å². The van der Waals surface area contributed by atoms with Crippen LogP contribution in [0.2, 0.25) is 10.0 Å². The predicted molar refractivity (Wildman–Crippen MR) is 88.3 cm³/mol. The molecule has 0 fully saturated rings. The number of rotatable bonds is 6. The number of sulfonamides is 1. The molecule has 0 aliphatic rings. The minimum absolute atomic E-state index is 0.0168. The molecular formula is C15H14Cl2FNO3S. The van der Waals surface area contributed by atoms with E-state index in [1.165, 1.54) is 19.2 Å². The lowest BCUT2D eigenvalue weighted by Crippen LogP contribution is -2.26. The summed E-state index contributed by atoms with van der Waals surface area (Å²) in [5.74, 6) is -0.756. The average Bonchev–Trinajstić information content (AvgIpc) is 2.49. The predicted octanol–water partition coefficient (Wildman–Crippen LogP) is 3.66. The third-order valence-corrected chi connectivity index (χ3v) is 5.18. The van der Waals surface area contributed by atoms with Crippen molar-refractivity contribution in [2.45, 2.75) is 11.3 Å². The van der Waals surface area contributed by atoms with Gasteiger partial charge in [0, 0.05) is 16.6 Å². The van der Waals surface area contributed by atoms with Crippen LogP contribution in [0, 0.1) is 5.82 Å². The molecule has 1 N–H and O–H groups in total. The first-order valence-electron chi connectivity index (χ1n) is 6.60. The highest BCUT2D eigenvalue weighted by molar-refractivity contribution is 7.89. The van der Waals surface area contributed by atoms with Crippen LogP contribution in [0.4, 0.5) is 4.39 Å². The quantitative estimate of drug-likeness (QED) is 0.835. The summed E-state index contributed by atoms with van der Waals surface area (Å²) in [6, 6.07) is 8.45. The Morgan fingerprint density at radius 2 is 1.91 bits per heavy atom. The fraction of sp³-hybridized carbons (Fsp3) is 0.200. The summed E-state index contributed by atoms with van der Waals surface area (Å²) in [6.07, 6.45) is 0.383. The lowest BCUT2D eigenvalue weighted by atomic mass is 10.1. The van der Waals surface area contributed by atoms with E-state index in [9.17, 15) is 12.8 Å². The van der Waals surface area contributed by atoms with E-state index in [0.717, 1.165) is 11.6 Å². The molecule has 0 bridgehead atoms. The van der Waals surface area contributed by atoms with Crippen molar-refractivity contribution in [3.63, 3.8) is 0 Å². The molecule has 0 aliphatic carbocycles. The molecule has 0 saturated heterocycles. The summed E-state index contributed by atoms with van der Waals surface area (Å²) < 4.78 is 45.1. The smallest absolute Gasteiger partial charge is 0.240 e. The largest absolute Gasteiger partial charge is 0.494 e. The van der Waals surface area contributed by atoms with Gasteiger partial charge < -0.3 is 4.74 Å². The fourth-order valence-corrected chi connectivity index (χ4v) is 3.49. The topological polar surface area (TPSA) is 55.4 Å². The summed E-state index contributed by atoms with van der Waals surface area (Å²) in [7, 11) is -2.51. The van der Waals surface area contributed by atoms with Gasteiger partial charge in [0.2, 0.25) is 10.0 Å². The monoisotopic (exact) mass is 377 g/mol. The van der Waals surface area contributed by atoms with E-state index in [2.05, 4.69) is 4.72 Å². The Morgan fingerprint density at radius 1 is 1.17 bits per heavy atom. The third kappa shape index (κ3) is 4.57. The van der Waals surface area contributed by atoms with Crippen LogP contribution in [-0.2, 0) is 16.4 Å². The molecule has 0 aliphatic heterocycles. The first-order chi connectivity index (χ1) is 10.8. The minimum atomic E-state index is -3.81. The van der Waals surface area contributed by atoms with Gasteiger partial charge in [0.05, 0.1) is 12.0 Å². The molecule has 2 aromatic carbocycles. The molecular weight excluding hydrogens is 364 g/mol. The van der Waals surface area contributed by atoms with Crippen molar-refractivity contribution >= 4 is 33.2 Å². The molecule has 23 heavy (non-hydrogen) atoms. The fourth-order valence-electron chi connectivity index (χ4n) is 1.94. The summed E-state index contributed by atoms with van der Waals surface area (Å²) >= 11 is 11.8. The zero-order valence-corrected chi connectivity index (χ0v) is 14.5. The SMILES string of the molecule is COc1ccc(S(=O)(=O)NCCc2ccc(Cl)cc2Cl)cc1F. The summed E-state index contributed by atoms with van der Waals surface area (Å²) in [5, 5.41) is 0.972. The van der Waals surface area contributed by atoms with Crippen molar-refractivity contribution in [2.24, 2.45) is 0 Å². The highest BCUT2D eigenvalue weighted by atomic mass is 35.5. The third-order valence-electron chi connectivity index (χ3n) is 3.14. The van der Waals surface area contributed by atoms with E-state index in [0.29, 0.717) is 16.5 Å². The lowest BCUT2D eigenvalue weighted by molar-refractivity contribution is 0.385. The van der Waals surface area contributed by atoms with Gasteiger partial charge in [0.25, 0.3) is 0 Å². The maximum atomic E-state index is 13.6. The maximum Gasteiger partial charge on any atom is 0.240 e. The number of benzene rings is 2.